The van der Waals surface area contributed by atoms with Crippen LogP contribution in [0.4, 0.5) is 0 Å². The molecule has 2 rings (SSSR count). The number of carbonyl (C=O) groups is 2. The third-order valence-corrected chi connectivity index (χ3v) is 4.50. The Bertz CT molecular complexity index is 759. The lowest BCUT2D eigenvalue weighted by Crippen LogP contribution is -2.23. The van der Waals surface area contributed by atoms with E-state index in [9.17, 15) is 9.59 Å². The van der Waals surface area contributed by atoms with Gasteiger partial charge in [-0.15, -0.1) is 0 Å². The molecule has 0 aromatic heterocycles. The average Bonchev–Trinajstić information content (AvgIpc) is 2.84. The lowest BCUT2D eigenvalue weighted by molar-refractivity contribution is -0.117. The van der Waals surface area contributed by atoms with Crippen LogP contribution in [-0.2, 0) is 9.59 Å². The maximum Gasteiger partial charge on any atom is 0.286 e. The minimum atomic E-state index is -0.385. The Morgan fingerprint density at radius 3 is 2.88 bits per heavy atom. The molecule has 0 aliphatic carbocycles. The summed E-state index contributed by atoms with van der Waals surface area (Å²) in [6.45, 7) is 5.36. The normalized spacial score (nSPS) is 15.2. The van der Waals surface area contributed by atoms with Gasteiger partial charge >= 0.3 is 0 Å². The molecule has 0 atom stereocenters. The van der Waals surface area contributed by atoms with E-state index >= 15 is 0 Å². The molecule has 1 aliphatic heterocycles. The minimum Gasteiger partial charge on any atom is -0.493 e. The predicted octanol–water partition coefficient (Wildman–Crippen LogP) is 2.97. The summed E-state index contributed by atoms with van der Waals surface area (Å²) in [4.78, 5) is 27.2. The van der Waals surface area contributed by atoms with Gasteiger partial charge in [0.25, 0.3) is 5.91 Å². The SMILES string of the molecule is C=CCOc1c(I)cc(C=C2SC(NC(C)=O)=NC2=O)cc1OC. The van der Waals surface area contributed by atoms with Crippen LogP contribution in [0.3, 0.4) is 0 Å². The number of hydrogen-bond donors (Lipinski definition) is 1. The number of nitrogens with zero attached hydrogens (tertiary/aromatic N) is 1. The number of benzene rings is 1. The number of halogens is 1. The topological polar surface area (TPSA) is 77.0 Å². The number of thioether (sulfide) groups is 1. The largest absolute Gasteiger partial charge is 0.493 e. The van der Waals surface area contributed by atoms with Crippen LogP contribution >= 0.6 is 34.4 Å². The lowest BCUT2D eigenvalue weighted by atomic mass is 10.2. The van der Waals surface area contributed by atoms with Gasteiger partial charge in [-0.25, -0.2) is 0 Å². The van der Waals surface area contributed by atoms with Crippen molar-refractivity contribution < 1.29 is 19.1 Å². The Morgan fingerprint density at radius 1 is 1.50 bits per heavy atom. The van der Waals surface area contributed by atoms with E-state index in [1.807, 2.05) is 6.07 Å². The molecule has 1 N–H and O–H groups in total. The molecule has 1 heterocycles. The molecule has 126 valence electrons. The summed E-state index contributed by atoms with van der Waals surface area (Å²) in [5.41, 5.74) is 0.775. The van der Waals surface area contributed by atoms with Gasteiger partial charge in [0.1, 0.15) is 6.61 Å². The fraction of sp³-hybridized carbons (Fsp3) is 0.188. The Balaban J connectivity index is 2.27. The number of amides is 2. The third kappa shape index (κ3) is 4.60. The van der Waals surface area contributed by atoms with Gasteiger partial charge in [0.15, 0.2) is 16.7 Å². The first kappa shape index (κ1) is 18.5. The first-order chi connectivity index (χ1) is 11.4. The summed E-state index contributed by atoms with van der Waals surface area (Å²) in [6.07, 6.45) is 3.35. The molecule has 0 fully saturated rings. The van der Waals surface area contributed by atoms with Gasteiger partial charge in [0, 0.05) is 6.92 Å². The summed E-state index contributed by atoms with van der Waals surface area (Å²) in [5.74, 6) is 0.537. The van der Waals surface area contributed by atoms with Crippen molar-refractivity contribution in [2.75, 3.05) is 13.7 Å². The number of methoxy groups -OCH3 is 1. The van der Waals surface area contributed by atoms with Gasteiger partial charge < -0.3 is 14.8 Å². The smallest absolute Gasteiger partial charge is 0.286 e. The molecule has 0 saturated heterocycles. The molecule has 0 saturated carbocycles. The molecule has 6 nitrogen and oxygen atoms in total. The zero-order valence-electron chi connectivity index (χ0n) is 13.1. The third-order valence-electron chi connectivity index (χ3n) is 2.80. The summed E-state index contributed by atoms with van der Waals surface area (Å²) in [6, 6.07) is 3.65. The molecule has 1 aromatic rings. The van der Waals surface area contributed by atoms with E-state index in [-0.39, 0.29) is 17.0 Å². The van der Waals surface area contributed by atoms with Crippen molar-refractivity contribution in [1.82, 2.24) is 5.32 Å². The average molecular weight is 458 g/mol. The monoisotopic (exact) mass is 458 g/mol. The maximum atomic E-state index is 11.9. The van der Waals surface area contributed by atoms with Crippen LogP contribution in [0.15, 0.2) is 34.7 Å². The van der Waals surface area contributed by atoms with Crippen molar-refractivity contribution in [2.45, 2.75) is 6.92 Å². The van der Waals surface area contributed by atoms with E-state index in [2.05, 4.69) is 39.5 Å². The number of nitrogens with one attached hydrogen (secondary N) is 1. The highest BCUT2D eigenvalue weighted by molar-refractivity contribution is 14.1. The summed E-state index contributed by atoms with van der Waals surface area (Å²) >= 11 is 3.26. The van der Waals surface area contributed by atoms with Crippen molar-refractivity contribution in [1.29, 1.82) is 0 Å². The van der Waals surface area contributed by atoms with Gasteiger partial charge in [0.2, 0.25) is 5.91 Å². The molecule has 0 spiro atoms. The molecular formula is C16H15IN2O4S. The van der Waals surface area contributed by atoms with E-state index < -0.39 is 0 Å². The standard InChI is InChI=1S/C16H15IN2O4S/c1-4-5-23-14-11(17)6-10(7-12(14)22-3)8-13-15(21)19-16(24-13)18-9(2)20/h4,6-8H,1,5H2,2-3H3,(H,18,19,20,21). The molecule has 0 unspecified atom stereocenters. The van der Waals surface area contributed by atoms with Crippen LogP contribution in [0.25, 0.3) is 6.08 Å². The highest BCUT2D eigenvalue weighted by Gasteiger charge is 2.23. The highest BCUT2D eigenvalue weighted by Crippen LogP contribution is 2.36. The first-order valence-corrected chi connectivity index (χ1v) is 8.75. The first-order valence-electron chi connectivity index (χ1n) is 6.86. The molecule has 2 amide bonds. The van der Waals surface area contributed by atoms with Gasteiger partial charge in [-0.2, -0.15) is 4.99 Å². The number of aliphatic imine (C=N–C) groups is 1. The second kappa shape index (κ2) is 8.34. The molecule has 8 heteroatoms. The van der Waals surface area contributed by atoms with E-state index in [1.165, 1.54) is 6.92 Å². The second-order valence-corrected chi connectivity index (χ2v) is 6.84. The molecule has 1 aromatic carbocycles. The molecule has 0 bridgehead atoms. The van der Waals surface area contributed by atoms with E-state index in [0.29, 0.717) is 23.0 Å². The van der Waals surface area contributed by atoms with Crippen molar-refractivity contribution >= 4 is 57.4 Å². The zero-order chi connectivity index (χ0) is 17.7. The van der Waals surface area contributed by atoms with Crippen LogP contribution in [0, 0.1) is 3.57 Å². The van der Waals surface area contributed by atoms with Crippen LogP contribution in [0.2, 0.25) is 0 Å². The molecule has 0 radical (unpaired) electrons. The van der Waals surface area contributed by atoms with E-state index in [1.54, 1.807) is 25.3 Å². The van der Waals surface area contributed by atoms with Crippen molar-refractivity contribution in [3.05, 3.63) is 38.8 Å². The number of amidine groups is 1. The van der Waals surface area contributed by atoms with Gasteiger partial charge in [-0.3, -0.25) is 9.59 Å². The van der Waals surface area contributed by atoms with E-state index in [4.69, 9.17) is 9.47 Å². The fourth-order valence-corrected chi connectivity index (χ4v) is 3.51. The Kier molecular flexibility index (Phi) is 6.44. The van der Waals surface area contributed by atoms with Gasteiger partial charge in [-0.1, -0.05) is 12.7 Å². The number of carbonyl (C=O) groups excluding carboxylic acids is 2. The van der Waals surface area contributed by atoms with Crippen LogP contribution < -0.4 is 14.8 Å². The minimum absolute atomic E-state index is 0.268. The van der Waals surface area contributed by atoms with Crippen molar-refractivity contribution in [3.63, 3.8) is 0 Å². The lowest BCUT2D eigenvalue weighted by Gasteiger charge is -2.12. The summed E-state index contributed by atoms with van der Waals surface area (Å²) in [5, 5.41) is 2.79. The second-order valence-electron chi connectivity index (χ2n) is 4.65. The quantitative estimate of drug-likeness (QED) is 0.417. The molecule has 1 aliphatic rings. The van der Waals surface area contributed by atoms with Crippen molar-refractivity contribution in [2.24, 2.45) is 4.99 Å². The van der Waals surface area contributed by atoms with Crippen LogP contribution in [-0.4, -0.2) is 30.7 Å². The predicted molar refractivity (Wildman–Crippen MR) is 103 cm³/mol. The Hall–Kier alpha value is -1.81. The fourth-order valence-electron chi connectivity index (χ4n) is 1.87. The summed E-state index contributed by atoms with van der Waals surface area (Å²) in [7, 11) is 1.55. The van der Waals surface area contributed by atoms with Gasteiger partial charge in [0.05, 0.1) is 15.6 Å². The van der Waals surface area contributed by atoms with Crippen LogP contribution in [0.1, 0.15) is 12.5 Å². The summed E-state index contributed by atoms with van der Waals surface area (Å²) < 4.78 is 11.8. The molecule has 24 heavy (non-hydrogen) atoms. The number of rotatable bonds is 5. The zero-order valence-corrected chi connectivity index (χ0v) is 16.1. The maximum absolute atomic E-state index is 11.9. The van der Waals surface area contributed by atoms with Crippen LogP contribution in [0.5, 0.6) is 11.5 Å². The molecular weight excluding hydrogens is 443 g/mol. The van der Waals surface area contributed by atoms with Gasteiger partial charge in [-0.05, 0) is 58.1 Å². The highest BCUT2D eigenvalue weighted by atomic mass is 127. The number of hydrogen-bond acceptors (Lipinski definition) is 5. The Labute approximate surface area is 157 Å². The Morgan fingerprint density at radius 2 is 2.25 bits per heavy atom. The van der Waals surface area contributed by atoms with E-state index in [0.717, 1.165) is 20.9 Å². The number of ether oxygens (including phenoxy) is 2. The van der Waals surface area contributed by atoms with Crippen molar-refractivity contribution in [3.8, 4) is 11.5 Å².